The third-order valence-corrected chi connectivity index (χ3v) is 1.42. The van der Waals surface area contributed by atoms with E-state index in [0.717, 1.165) is 0 Å². The second kappa shape index (κ2) is 9.79. The maximum atomic E-state index is 4.74. The molecule has 0 aliphatic carbocycles. The van der Waals surface area contributed by atoms with Crippen LogP contribution in [0.2, 0.25) is 0 Å². The van der Waals surface area contributed by atoms with Gasteiger partial charge < -0.3 is 12.6 Å². The minimum atomic E-state index is 0.333. The van der Waals surface area contributed by atoms with Crippen LogP contribution in [0.1, 0.15) is 5.69 Å². The number of nitrogens with one attached hydrogen (secondary N) is 1. The van der Waals surface area contributed by atoms with E-state index in [4.69, 9.17) is 12.6 Å². The van der Waals surface area contributed by atoms with E-state index in [0.29, 0.717) is 10.9 Å². The van der Waals surface area contributed by atoms with Crippen LogP contribution in [0, 0.1) is 0 Å². The first-order valence-electron chi connectivity index (χ1n) is 3.63. The molecule has 1 aromatic heterocycles. The molecule has 0 amide bonds. The zero-order valence-corrected chi connectivity index (χ0v) is 10.2. The van der Waals surface area contributed by atoms with Gasteiger partial charge in [0.1, 0.15) is 5.69 Å². The molecule has 0 saturated carbocycles. The molecule has 1 aromatic rings. The van der Waals surface area contributed by atoms with Crippen LogP contribution < -0.4 is 5.43 Å². The molecule has 0 aromatic carbocycles. The summed E-state index contributed by atoms with van der Waals surface area (Å²) in [4.78, 5) is 11.5. The van der Waals surface area contributed by atoms with E-state index in [1.165, 1.54) is 6.21 Å². The molecule has 5 nitrogen and oxygen atoms in total. The average molecular weight is 293 g/mol. The average Bonchev–Trinajstić information content (AvgIpc) is 2.33. The summed E-state index contributed by atoms with van der Waals surface area (Å²) in [5, 5.41) is 4.13. The number of rotatable bonds is 2. The zero-order valence-electron chi connectivity index (χ0n) is 7.69. The molecule has 0 bridgehead atoms. The van der Waals surface area contributed by atoms with Crippen LogP contribution in [0.15, 0.2) is 28.7 Å². The molecule has 0 spiro atoms. The Balaban J connectivity index is 0.000000921. The van der Waals surface area contributed by atoms with Crippen LogP contribution in [-0.2, 0) is 27.7 Å². The Kier molecular flexibility index (Phi) is 9.30. The number of hydrazone groups is 1. The van der Waals surface area contributed by atoms with Gasteiger partial charge in [-0.25, -0.2) is 0 Å². The van der Waals surface area contributed by atoms with Gasteiger partial charge in [0.05, 0.1) is 12.4 Å². The van der Waals surface area contributed by atoms with Crippen molar-refractivity contribution in [1.29, 1.82) is 0 Å². The number of nitrogens with zero attached hydrogens (tertiary/aromatic N) is 4. The summed E-state index contributed by atoms with van der Waals surface area (Å²) in [6, 6.07) is 0. The summed E-state index contributed by atoms with van der Waals surface area (Å²) in [6.45, 7) is 0. The van der Waals surface area contributed by atoms with E-state index in [-0.39, 0.29) is 0 Å². The summed E-state index contributed by atoms with van der Waals surface area (Å²) in [6.07, 6.45) is 6.29. The topological polar surface area (TPSA) is 62.5 Å². The van der Waals surface area contributed by atoms with Crippen molar-refractivity contribution in [3.05, 3.63) is 24.3 Å². The minimum absolute atomic E-state index is 0.333. The van der Waals surface area contributed by atoms with Gasteiger partial charge in [0, 0.05) is 19.4 Å². The van der Waals surface area contributed by atoms with Crippen LogP contribution in [0.5, 0.6) is 0 Å². The number of hydrogen-bond donors (Lipinski definition) is 1. The van der Waals surface area contributed by atoms with Crippen molar-refractivity contribution >= 4 is 34.1 Å². The Labute approximate surface area is 106 Å². The Morgan fingerprint density at radius 3 is 2.87 bits per heavy atom. The first kappa shape index (κ1) is 14.2. The monoisotopic (exact) mass is 292 g/mol. The summed E-state index contributed by atoms with van der Waals surface area (Å²) in [5.41, 5.74) is 3.21. The molecular formula is C7H8ClCuN5S. The number of aromatic nitrogens is 2. The summed E-state index contributed by atoms with van der Waals surface area (Å²) in [5.74, 6) is 0. The van der Waals surface area contributed by atoms with Crippen molar-refractivity contribution in [2.24, 2.45) is 10.1 Å². The van der Waals surface area contributed by atoms with Gasteiger partial charge >= 0.3 is 25.2 Å². The molecule has 0 aliphatic rings. The van der Waals surface area contributed by atoms with Crippen molar-refractivity contribution in [2.75, 3.05) is 7.05 Å². The van der Waals surface area contributed by atoms with Gasteiger partial charge in [-0.1, -0.05) is 0 Å². The van der Waals surface area contributed by atoms with E-state index in [9.17, 15) is 0 Å². The molecule has 15 heavy (non-hydrogen) atoms. The van der Waals surface area contributed by atoms with E-state index < -0.39 is 0 Å². The van der Waals surface area contributed by atoms with Crippen molar-refractivity contribution < 1.29 is 15.1 Å². The zero-order chi connectivity index (χ0) is 11.5. The first-order valence-corrected chi connectivity index (χ1v) is 5.33. The summed E-state index contributed by atoms with van der Waals surface area (Å²) >= 11 is 8.40. The number of halogens is 1. The van der Waals surface area contributed by atoms with E-state index in [1.54, 1.807) is 25.6 Å². The van der Waals surface area contributed by atoms with Gasteiger partial charge in [0.15, 0.2) is 0 Å². The number of hydrogen-bond acceptors (Lipinski definition) is 5. The molecule has 1 rings (SSSR count). The SMILES string of the molecule is CN=C([S-])N/N=C/c1cnccn1.[Cl][Cu+]. The van der Waals surface area contributed by atoms with E-state index in [2.05, 4.69) is 50.7 Å². The third-order valence-electron chi connectivity index (χ3n) is 1.14. The second-order valence-electron chi connectivity index (χ2n) is 2.03. The maximum absolute atomic E-state index is 4.74. The van der Waals surface area contributed by atoms with Crippen molar-refractivity contribution in [3.8, 4) is 0 Å². The van der Waals surface area contributed by atoms with Gasteiger partial charge in [0.25, 0.3) is 0 Å². The standard InChI is InChI=1S/C7H9N5S.ClH.Cu/c1-8-7(13)12-11-5-6-4-9-2-3-10-6;;/h2-5H,1H3,(H2,8,12,13);1H;/q;;+2/p-2/b11-5+;;. The quantitative estimate of drug-likeness (QED) is 0.285. The third kappa shape index (κ3) is 7.21. The predicted octanol–water partition coefficient (Wildman–Crippen LogP) is 0.620. The molecule has 8 heteroatoms. The van der Waals surface area contributed by atoms with Gasteiger partial charge in [-0.3, -0.25) is 20.4 Å². The Hall–Kier alpha value is -0.751. The van der Waals surface area contributed by atoms with E-state index in [1.807, 2.05) is 0 Å². The molecule has 1 N–H and O–H groups in total. The Morgan fingerprint density at radius 2 is 2.33 bits per heavy atom. The van der Waals surface area contributed by atoms with Gasteiger partial charge in [-0.2, -0.15) is 5.10 Å². The fourth-order valence-electron chi connectivity index (χ4n) is 0.581. The normalized spacial score (nSPS) is 10.8. The molecule has 0 unspecified atom stereocenters. The molecule has 0 aliphatic heterocycles. The van der Waals surface area contributed by atoms with Crippen LogP contribution in [0.3, 0.4) is 0 Å². The van der Waals surface area contributed by atoms with Crippen molar-refractivity contribution in [3.63, 3.8) is 0 Å². The number of amidine groups is 1. The summed E-state index contributed by atoms with van der Waals surface area (Å²) < 4.78 is 0. The number of aliphatic imine (C=N–C) groups is 1. The molecule has 0 atom stereocenters. The van der Waals surface area contributed by atoms with Crippen LogP contribution in [0.4, 0.5) is 0 Å². The predicted molar refractivity (Wildman–Crippen MR) is 59.3 cm³/mol. The Bertz CT molecular complexity index is 318. The second-order valence-corrected chi connectivity index (χ2v) is 2.42. The molecule has 0 fully saturated rings. The van der Waals surface area contributed by atoms with Gasteiger partial charge in [0.2, 0.25) is 0 Å². The van der Waals surface area contributed by atoms with Gasteiger partial charge in [-0.15, -0.1) is 0 Å². The van der Waals surface area contributed by atoms with Crippen LogP contribution >= 0.6 is 10.1 Å². The van der Waals surface area contributed by atoms with Crippen LogP contribution in [-0.4, -0.2) is 28.4 Å². The molecule has 1 heterocycles. The Morgan fingerprint density at radius 1 is 1.60 bits per heavy atom. The summed E-state index contributed by atoms with van der Waals surface area (Å²) in [7, 11) is 5.79. The van der Waals surface area contributed by atoms with E-state index >= 15 is 0 Å². The van der Waals surface area contributed by atoms with Crippen LogP contribution in [0.25, 0.3) is 0 Å². The molecule has 0 saturated heterocycles. The molecular weight excluding hydrogens is 285 g/mol. The molecule has 85 valence electrons. The molecule has 0 radical (unpaired) electrons. The fraction of sp³-hybridized carbons (Fsp3) is 0.143. The van der Waals surface area contributed by atoms with Crippen molar-refractivity contribution in [2.45, 2.75) is 0 Å². The van der Waals surface area contributed by atoms with Gasteiger partial charge in [-0.05, 0) is 5.17 Å². The van der Waals surface area contributed by atoms with Crippen molar-refractivity contribution in [1.82, 2.24) is 15.4 Å². The fourth-order valence-corrected chi connectivity index (χ4v) is 0.634. The first-order chi connectivity index (χ1) is 7.33.